The van der Waals surface area contributed by atoms with Gasteiger partial charge in [-0.1, -0.05) is 6.07 Å². The smallest absolute Gasteiger partial charge is 0.137 e. The molecule has 0 saturated carbocycles. The molecule has 0 aliphatic carbocycles. The predicted octanol–water partition coefficient (Wildman–Crippen LogP) is 2.32. The molecule has 0 aromatic carbocycles. The minimum atomic E-state index is 0.812. The number of aromatic nitrogens is 2. The highest BCUT2D eigenvalue weighted by Gasteiger charge is 2.14. The van der Waals surface area contributed by atoms with Crippen LogP contribution >= 0.6 is 11.8 Å². The van der Waals surface area contributed by atoms with Gasteiger partial charge in [-0.15, -0.1) is 0 Å². The third kappa shape index (κ3) is 2.64. The Bertz CT molecular complexity index is 455. The van der Waals surface area contributed by atoms with Crippen molar-refractivity contribution < 1.29 is 0 Å². The van der Waals surface area contributed by atoms with Gasteiger partial charge in [-0.05, 0) is 30.7 Å². The fourth-order valence-electron chi connectivity index (χ4n) is 2.24. The molecule has 1 unspecified atom stereocenters. The maximum atomic E-state index is 4.57. The third-order valence-electron chi connectivity index (χ3n) is 3.12. The number of nitrogens with one attached hydrogen (secondary N) is 1. The van der Waals surface area contributed by atoms with E-state index in [0.29, 0.717) is 0 Å². The number of rotatable bonds is 4. The van der Waals surface area contributed by atoms with E-state index in [9.17, 15) is 0 Å². The molecular formula is C13H17N3S. The first-order valence-electron chi connectivity index (χ1n) is 6.17. The third-order valence-corrected chi connectivity index (χ3v) is 4.51. The maximum Gasteiger partial charge on any atom is 0.137 e. The van der Waals surface area contributed by atoms with Gasteiger partial charge in [0.1, 0.15) is 5.65 Å². The molecule has 1 saturated heterocycles. The first-order valence-corrected chi connectivity index (χ1v) is 7.21. The SMILES string of the molecule is c1ccn2cc(CNCC3CCCS3)nc2c1. The predicted molar refractivity (Wildman–Crippen MR) is 72.4 cm³/mol. The minimum absolute atomic E-state index is 0.812. The summed E-state index contributed by atoms with van der Waals surface area (Å²) in [5.74, 6) is 1.33. The number of fused-ring (bicyclic) bond motifs is 1. The Morgan fingerprint density at radius 2 is 2.47 bits per heavy atom. The quantitative estimate of drug-likeness (QED) is 0.899. The summed E-state index contributed by atoms with van der Waals surface area (Å²) in [4.78, 5) is 4.57. The van der Waals surface area contributed by atoms with Crippen LogP contribution in [0.25, 0.3) is 5.65 Å². The van der Waals surface area contributed by atoms with E-state index in [2.05, 4.69) is 32.7 Å². The fraction of sp³-hybridized carbons (Fsp3) is 0.462. The summed E-state index contributed by atoms with van der Waals surface area (Å²) in [6.07, 6.45) is 6.89. The van der Waals surface area contributed by atoms with E-state index in [4.69, 9.17) is 0 Å². The second-order valence-electron chi connectivity index (χ2n) is 4.46. The van der Waals surface area contributed by atoms with Gasteiger partial charge in [0, 0.05) is 30.7 Å². The Hall–Kier alpha value is -1.00. The van der Waals surface area contributed by atoms with Crippen LogP contribution in [0.5, 0.6) is 0 Å². The molecule has 1 atom stereocenters. The van der Waals surface area contributed by atoms with Crippen LogP contribution < -0.4 is 5.32 Å². The fourth-order valence-corrected chi connectivity index (χ4v) is 3.47. The van der Waals surface area contributed by atoms with E-state index in [1.807, 2.05) is 24.4 Å². The lowest BCUT2D eigenvalue weighted by atomic mass is 10.2. The van der Waals surface area contributed by atoms with Gasteiger partial charge >= 0.3 is 0 Å². The van der Waals surface area contributed by atoms with Gasteiger partial charge in [0.15, 0.2) is 0 Å². The molecule has 2 aromatic heterocycles. The summed E-state index contributed by atoms with van der Waals surface area (Å²) in [5, 5.41) is 4.32. The normalized spacial score (nSPS) is 20.1. The molecule has 90 valence electrons. The summed E-state index contributed by atoms with van der Waals surface area (Å²) in [6, 6.07) is 6.09. The molecule has 1 fully saturated rings. The molecule has 1 N–H and O–H groups in total. The summed E-state index contributed by atoms with van der Waals surface area (Å²) in [7, 11) is 0. The van der Waals surface area contributed by atoms with Gasteiger partial charge in [-0.2, -0.15) is 11.8 Å². The first-order chi connectivity index (χ1) is 8.42. The largest absolute Gasteiger partial charge is 0.310 e. The topological polar surface area (TPSA) is 29.3 Å². The summed E-state index contributed by atoms with van der Waals surface area (Å²) in [6.45, 7) is 1.98. The van der Waals surface area contributed by atoms with Crippen molar-refractivity contribution in [1.82, 2.24) is 14.7 Å². The highest BCUT2D eigenvalue weighted by Crippen LogP contribution is 2.25. The number of pyridine rings is 1. The van der Waals surface area contributed by atoms with Crippen molar-refractivity contribution in [2.75, 3.05) is 12.3 Å². The molecule has 1 aliphatic heterocycles. The van der Waals surface area contributed by atoms with E-state index in [1.54, 1.807) is 0 Å². The van der Waals surface area contributed by atoms with E-state index in [0.717, 1.165) is 29.7 Å². The molecule has 0 bridgehead atoms. The monoisotopic (exact) mass is 247 g/mol. The van der Waals surface area contributed by atoms with Crippen molar-refractivity contribution in [3.05, 3.63) is 36.3 Å². The Morgan fingerprint density at radius 1 is 1.47 bits per heavy atom. The second kappa shape index (κ2) is 5.10. The van der Waals surface area contributed by atoms with Crippen molar-refractivity contribution >= 4 is 17.4 Å². The molecule has 0 spiro atoms. The molecule has 3 heterocycles. The number of thioether (sulfide) groups is 1. The van der Waals surface area contributed by atoms with Crippen LogP contribution in [0, 0.1) is 0 Å². The lowest BCUT2D eigenvalue weighted by Crippen LogP contribution is -2.22. The van der Waals surface area contributed by atoms with Gasteiger partial charge in [0.25, 0.3) is 0 Å². The highest BCUT2D eigenvalue weighted by atomic mass is 32.2. The average molecular weight is 247 g/mol. The number of nitrogens with zero attached hydrogens (tertiary/aromatic N) is 2. The first kappa shape index (κ1) is 11.1. The molecular weight excluding hydrogens is 230 g/mol. The number of hydrogen-bond acceptors (Lipinski definition) is 3. The zero-order valence-electron chi connectivity index (χ0n) is 9.80. The lowest BCUT2D eigenvalue weighted by molar-refractivity contribution is 0.640. The Morgan fingerprint density at radius 3 is 3.29 bits per heavy atom. The van der Waals surface area contributed by atoms with Crippen LogP contribution in [0.1, 0.15) is 18.5 Å². The molecule has 3 nitrogen and oxygen atoms in total. The zero-order valence-corrected chi connectivity index (χ0v) is 10.6. The summed E-state index contributed by atoms with van der Waals surface area (Å²) in [5.41, 5.74) is 2.15. The zero-order chi connectivity index (χ0) is 11.5. The van der Waals surface area contributed by atoms with Crippen molar-refractivity contribution in [3.8, 4) is 0 Å². The Kier molecular flexibility index (Phi) is 3.34. The maximum absolute atomic E-state index is 4.57. The van der Waals surface area contributed by atoms with Gasteiger partial charge in [-0.3, -0.25) is 0 Å². The van der Waals surface area contributed by atoms with Crippen molar-refractivity contribution in [3.63, 3.8) is 0 Å². The van der Waals surface area contributed by atoms with Gasteiger partial charge < -0.3 is 9.72 Å². The molecule has 4 heteroatoms. The molecule has 17 heavy (non-hydrogen) atoms. The van der Waals surface area contributed by atoms with E-state index >= 15 is 0 Å². The molecule has 1 aliphatic rings. The van der Waals surface area contributed by atoms with Crippen LogP contribution in [0.3, 0.4) is 0 Å². The molecule has 0 radical (unpaired) electrons. The number of imidazole rings is 1. The molecule has 3 rings (SSSR count). The standard InChI is InChI=1S/C13H17N3S/c1-2-6-16-10-11(15-13(16)5-1)8-14-9-12-4-3-7-17-12/h1-2,5-6,10,12,14H,3-4,7-9H2. The Balaban J connectivity index is 1.57. The van der Waals surface area contributed by atoms with Crippen molar-refractivity contribution in [2.45, 2.75) is 24.6 Å². The van der Waals surface area contributed by atoms with Gasteiger partial charge in [-0.25, -0.2) is 4.98 Å². The van der Waals surface area contributed by atoms with E-state index in [-0.39, 0.29) is 0 Å². The van der Waals surface area contributed by atoms with Crippen LogP contribution in [0.15, 0.2) is 30.6 Å². The van der Waals surface area contributed by atoms with E-state index < -0.39 is 0 Å². The molecule has 0 amide bonds. The summed E-state index contributed by atoms with van der Waals surface area (Å²) < 4.78 is 2.07. The van der Waals surface area contributed by atoms with E-state index in [1.165, 1.54) is 18.6 Å². The summed E-state index contributed by atoms with van der Waals surface area (Å²) >= 11 is 2.09. The lowest BCUT2D eigenvalue weighted by Gasteiger charge is -2.08. The van der Waals surface area contributed by atoms with Gasteiger partial charge in [0.05, 0.1) is 5.69 Å². The van der Waals surface area contributed by atoms with Crippen molar-refractivity contribution in [1.29, 1.82) is 0 Å². The minimum Gasteiger partial charge on any atom is -0.310 e. The number of hydrogen-bond donors (Lipinski definition) is 1. The highest BCUT2D eigenvalue weighted by molar-refractivity contribution is 8.00. The second-order valence-corrected chi connectivity index (χ2v) is 5.87. The molecule has 2 aromatic rings. The average Bonchev–Trinajstić information content (AvgIpc) is 2.96. The Labute approximate surface area is 106 Å². The van der Waals surface area contributed by atoms with Crippen molar-refractivity contribution in [2.24, 2.45) is 0 Å². The van der Waals surface area contributed by atoms with Crippen LogP contribution in [0.2, 0.25) is 0 Å². The van der Waals surface area contributed by atoms with Crippen LogP contribution in [-0.2, 0) is 6.54 Å². The van der Waals surface area contributed by atoms with Gasteiger partial charge in [0.2, 0.25) is 0 Å². The van der Waals surface area contributed by atoms with Crippen LogP contribution in [-0.4, -0.2) is 26.9 Å². The van der Waals surface area contributed by atoms with Crippen LogP contribution in [0.4, 0.5) is 0 Å².